The summed E-state index contributed by atoms with van der Waals surface area (Å²) in [5.41, 5.74) is 1.48. The summed E-state index contributed by atoms with van der Waals surface area (Å²) in [6, 6.07) is 2.08. The second-order valence-corrected chi connectivity index (χ2v) is 5.32. The van der Waals surface area contributed by atoms with Crippen molar-refractivity contribution in [2.24, 2.45) is 7.05 Å². The summed E-state index contributed by atoms with van der Waals surface area (Å²) in [5, 5.41) is 14.0. The molecule has 2 heterocycles. The highest BCUT2D eigenvalue weighted by Gasteiger charge is 2.46. The number of nitrogens with zero attached hydrogens (tertiary/aromatic N) is 3. The molecule has 1 unspecified atom stereocenters. The summed E-state index contributed by atoms with van der Waals surface area (Å²) in [7, 11) is 1.93. The van der Waals surface area contributed by atoms with E-state index in [1.54, 1.807) is 0 Å². The van der Waals surface area contributed by atoms with Gasteiger partial charge in [0.05, 0.1) is 11.4 Å². The van der Waals surface area contributed by atoms with Crippen molar-refractivity contribution in [3.05, 3.63) is 17.5 Å². The van der Waals surface area contributed by atoms with Crippen LogP contribution in [0.25, 0.3) is 0 Å². The molecule has 1 aliphatic rings. The molecule has 5 nitrogen and oxygen atoms in total. The number of likely N-dealkylation sites (tertiary alicyclic amines) is 1. The van der Waals surface area contributed by atoms with E-state index in [4.69, 9.17) is 0 Å². The standard InChI is InChI=1S/C14H23N3O2/c1-4-11-9-12(16(3)15-11)10-17-8-6-7-14(17,5-2)13(18)19/h9H,4-8,10H2,1-3H3,(H,18,19). The molecule has 0 amide bonds. The van der Waals surface area contributed by atoms with Gasteiger partial charge in [-0.25, -0.2) is 0 Å². The first-order valence-electron chi connectivity index (χ1n) is 7.03. The molecule has 1 N–H and O–H groups in total. The predicted octanol–water partition coefficient (Wildman–Crippen LogP) is 1.81. The molecule has 1 atom stereocenters. The quantitative estimate of drug-likeness (QED) is 0.882. The number of aliphatic carboxylic acids is 1. The van der Waals surface area contributed by atoms with E-state index in [0.717, 1.165) is 37.2 Å². The van der Waals surface area contributed by atoms with Crippen LogP contribution < -0.4 is 0 Å². The van der Waals surface area contributed by atoms with Crippen molar-refractivity contribution < 1.29 is 9.90 Å². The Labute approximate surface area is 114 Å². The molecule has 0 aliphatic carbocycles. The number of aryl methyl sites for hydroxylation is 2. The number of aromatic nitrogens is 2. The Bertz CT molecular complexity index is 469. The van der Waals surface area contributed by atoms with Gasteiger partial charge in [0, 0.05) is 13.6 Å². The number of carboxylic acids is 1. The van der Waals surface area contributed by atoms with Gasteiger partial charge in [0.1, 0.15) is 5.54 Å². The van der Waals surface area contributed by atoms with Gasteiger partial charge >= 0.3 is 5.97 Å². The van der Waals surface area contributed by atoms with Crippen LogP contribution in [0, 0.1) is 0 Å². The summed E-state index contributed by atoms with van der Waals surface area (Å²) < 4.78 is 1.87. The highest BCUT2D eigenvalue weighted by atomic mass is 16.4. The van der Waals surface area contributed by atoms with Gasteiger partial charge in [-0.2, -0.15) is 5.10 Å². The SMILES string of the molecule is CCc1cc(CN2CCCC2(CC)C(=O)O)n(C)n1. The summed E-state index contributed by atoms with van der Waals surface area (Å²) in [6.07, 6.45) is 3.27. The molecule has 0 bridgehead atoms. The van der Waals surface area contributed by atoms with Crippen molar-refractivity contribution in [1.29, 1.82) is 0 Å². The van der Waals surface area contributed by atoms with Crippen molar-refractivity contribution in [2.45, 2.75) is 51.6 Å². The minimum atomic E-state index is -0.689. The molecule has 1 fully saturated rings. The molecule has 0 spiro atoms. The minimum absolute atomic E-state index is 0.654. The van der Waals surface area contributed by atoms with Crippen LogP contribution in [0.1, 0.15) is 44.5 Å². The normalized spacial score (nSPS) is 23.9. The van der Waals surface area contributed by atoms with Gasteiger partial charge in [-0.05, 0) is 38.3 Å². The van der Waals surface area contributed by atoms with E-state index in [-0.39, 0.29) is 0 Å². The van der Waals surface area contributed by atoms with E-state index in [1.807, 2.05) is 18.7 Å². The van der Waals surface area contributed by atoms with Crippen molar-refractivity contribution in [3.8, 4) is 0 Å². The van der Waals surface area contributed by atoms with E-state index >= 15 is 0 Å². The van der Waals surface area contributed by atoms with Crippen LogP contribution >= 0.6 is 0 Å². The van der Waals surface area contributed by atoms with Crippen molar-refractivity contribution in [2.75, 3.05) is 6.54 Å². The highest BCUT2D eigenvalue weighted by Crippen LogP contribution is 2.34. The summed E-state index contributed by atoms with van der Waals surface area (Å²) in [6.45, 7) is 5.57. The highest BCUT2D eigenvalue weighted by molar-refractivity contribution is 5.79. The van der Waals surface area contributed by atoms with Crippen LogP contribution in [-0.2, 0) is 24.8 Å². The summed E-state index contributed by atoms with van der Waals surface area (Å²) >= 11 is 0. The second-order valence-electron chi connectivity index (χ2n) is 5.32. The zero-order valence-electron chi connectivity index (χ0n) is 12.0. The molecule has 5 heteroatoms. The van der Waals surface area contributed by atoms with E-state index in [2.05, 4.69) is 23.0 Å². The molecule has 1 aromatic rings. The number of carboxylic acid groups (broad SMARTS) is 1. The van der Waals surface area contributed by atoms with E-state index in [0.29, 0.717) is 13.0 Å². The van der Waals surface area contributed by atoms with Gasteiger partial charge < -0.3 is 5.11 Å². The molecule has 1 aromatic heterocycles. The predicted molar refractivity (Wildman–Crippen MR) is 72.9 cm³/mol. The molecule has 1 aliphatic heterocycles. The zero-order chi connectivity index (χ0) is 14.0. The Kier molecular flexibility index (Phi) is 3.94. The smallest absolute Gasteiger partial charge is 0.324 e. The third-order valence-corrected chi connectivity index (χ3v) is 4.35. The third kappa shape index (κ3) is 2.39. The molecular weight excluding hydrogens is 242 g/mol. The lowest BCUT2D eigenvalue weighted by molar-refractivity contribution is -0.150. The molecule has 106 valence electrons. The van der Waals surface area contributed by atoms with Gasteiger partial charge in [0.25, 0.3) is 0 Å². The number of hydrogen-bond acceptors (Lipinski definition) is 3. The first-order chi connectivity index (χ1) is 9.03. The van der Waals surface area contributed by atoms with Crippen molar-refractivity contribution >= 4 is 5.97 Å². The molecule has 0 saturated carbocycles. The molecule has 19 heavy (non-hydrogen) atoms. The van der Waals surface area contributed by atoms with Crippen molar-refractivity contribution in [1.82, 2.24) is 14.7 Å². The van der Waals surface area contributed by atoms with E-state index in [1.165, 1.54) is 0 Å². The van der Waals surface area contributed by atoms with Crippen LogP contribution in [0.2, 0.25) is 0 Å². The maximum atomic E-state index is 11.6. The Hall–Kier alpha value is -1.36. The largest absolute Gasteiger partial charge is 0.480 e. The number of rotatable bonds is 5. The Morgan fingerprint density at radius 2 is 2.26 bits per heavy atom. The summed E-state index contributed by atoms with van der Waals surface area (Å²) in [4.78, 5) is 13.7. The maximum absolute atomic E-state index is 11.6. The van der Waals surface area contributed by atoms with Crippen LogP contribution in [-0.4, -0.2) is 37.8 Å². The molecule has 0 aromatic carbocycles. The molecule has 2 rings (SSSR count). The number of carbonyl (C=O) groups is 1. The molecule has 1 saturated heterocycles. The minimum Gasteiger partial charge on any atom is -0.480 e. The van der Waals surface area contributed by atoms with Crippen LogP contribution in [0.3, 0.4) is 0 Å². The Balaban J connectivity index is 2.21. The molecule has 0 radical (unpaired) electrons. The molecular formula is C14H23N3O2. The Morgan fingerprint density at radius 3 is 2.79 bits per heavy atom. The zero-order valence-corrected chi connectivity index (χ0v) is 12.0. The lowest BCUT2D eigenvalue weighted by atomic mass is 9.93. The third-order valence-electron chi connectivity index (χ3n) is 4.35. The van der Waals surface area contributed by atoms with Crippen molar-refractivity contribution in [3.63, 3.8) is 0 Å². The summed E-state index contributed by atoms with van der Waals surface area (Å²) in [5.74, 6) is -0.689. The van der Waals surface area contributed by atoms with Gasteiger partial charge in [-0.1, -0.05) is 13.8 Å². The maximum Gasteiger partial charge on any atom is 0.324 e. The van der Waals surface area contributed by atoms with E-state index < -0.39 is 11.5 Å². The fourth-order valence-electron chi connectivity index (χ4n) is 3.05. The average Bonchev–Trinajstić information content (AvgIpc) is 2.95. The topological polar surface area (TPSA) is 58.4 Å². The monoisotopic (exact) mass is 265 g/mol. The van der Waals surface area contributed by atoms with E-state index in [9.17, 15) is 9.90 Å². The van der Waals surface area contributed by atoms with Gasteiger partial charge in [-0.3, -0.25) is 14.4 Å². The fourth-order valence-corrected chi connectivity index (χ4v) is 3.05. The average molecular weight is 265 g/mol. The first-order valence-corrected chi connectivity index (χ1v) is 7.03. The fraction of sp³-hybridized carbons (Fsp3) is 0.714. The van der Waals surface area contributed by atoms with Gasteiger partial charge in [0.2, 0.25) is 0 Å². The lowest BCUT2D eigenvalue weighted by Crippen LogP contribution is -2.49. The second kappa shape index (κ2) is 5.33. The van der Waals surface area contributed by atoms with Crippen LogP contribution in [0.15, 0.2) is 6.07 Å². The van der Waals surface area contributed by atoms with Crippen LogP contribution in [0.5, 0.6) is 0 Å². The lowest BCUT2D eigenvalue weighted by Gasteiger charge is -2.33. The first kappa shape index (κ1) is 14.1. The Morgan fingerprint density at radius 1 is 1.53 bits per heavy atom. The van der Waals surface area contributed by atoms with Gasteiger partial charge in [0.15, 0.2) is 0 Å². The van der Waals surface area contributed by atoms with Crippen LogP contribution in [0.4, 0.5) is 0 Å². The van der Waals surface area contributed by atoms with Gasteiger partial charge in [-0.15, -0.1) is 0 Å². The number of hydrogen-bond donors (Lipinski definition) is 1.